The smallest absolute Gasteiger partial charge is 0.228 e. The van der Waals surface area contributed by atoms with E-state index in [-0.39, 0.29) is 0 Å². The Hall–Kier alpha value is -0.800. The van der Waals surface area contributed by atoms with Crippen molar-refractivity contribution in [2.24, 2.45) is 5.18 Å². The van der Waals surface area contributed by atoms with Gasteiger partial charge in [-0.3, -0.25) is 0 Å². The van der Waals surface area contributed by atoms with Gasteiger partial charge in [0.25, 0.3) is 0 Å². The molecule has 0 aromatic carbocycles. The minimum atomic E-state index is -2.18. The molecule has 3 nitrogen and oxygen atoms in total. The molecule has 0 spiro atoms. The van der Waals surface area contributed by atoms with E-state index in [0.29, 0.717) is 0 Å². The SMILES string of the molecule is O=NC(=O)F. The van der Waals surface area contributed by atoms with Gasteiger partial charge < -0.3 is 0 Å². The van der Waals surface area contributed by atoms with Gasteiger partial charge in [-0.15, -0.1) is 9.30 Å². The third-order valence-electron chi connectivity index (χ3n) is 0.0718. The van der Waals surface area contributed by atoms with Crippen molar-refractivity contribution < 1.29 is 9.18 Å². The summed E-state index contributed by atoms with van der Waals surface area (Å²) in [7, 11) is 0. The number of hydrogen-bond acceptors (Lipinski definition) is 2. The van der Waals surface area contributed by atoms with Crippen molar-refractivity contribution in [2.75, 3.05) is 0 Å². The van der Waals surface area contributed by atoms with Gasteiger partial charge in [0.2, 0.25) is 0 Å². The lowest BCUT2D eigenvalue weighted by molar-refractivity contribution is 0.231. The average molecular weight is 77.0 g/mol. The molecule has 0 N–H and O–H groups in total. The molecule has 0 unspecified atom stereocenters. The first-order chi connectivity index (χ1) is 2.27. The van der Waals surface area contributed by atoms with Crippen LogP contribution in [0.25, 0.3) is 0 Å². The summed E-state index contributed by atoms with van der Waals surface area (Å²) in [6.07, 6.45) is -2.18. The third-order valence-corrected chi connectivity index (χ3v) is 0.0718. The Kier molecular flexibility index (Phi) is 1.27. The Morgan fingerprint density at radius 1 is 1.80 bits per heavy atom. The van der Waals surface area contributed by atoms with Crippen LogP contribution < -0.4 is 0 Å². The molecule has 0 atom stereocenters. The fourth-order valence-corrected chi connectivity index (χ4v) is 0. The van der Waals surface area contributed by atoms with Gasteiger partial charge in [0.1, 0.15) is 0 Å². The van der Waals surface area contributed by atoms with Crippen LogP contribution in [0.5, 0.6) is 0 Å². The summed E-state index contributed by atoms with van der Waals surface area (Å²) >= 11 is 0. The van der Waals surface area contributed by atoms with E-state index in [0.717, 1.165) is 0 Å². The molecule has 0 aromatic rings. The molecule has 0 bridgehead atoms. The number of hydrogen-bond donors (Lipinski definition) is 0. The predicted octanol–water partition coefficient (Wildman–Crippen LogP) is 0.842. The van der Waals surface area contributed by atoms with Gasteiger partial charge in [0, 0.05) is 5.18 Å². The van der Waals surface area contributed by atoms with E-state index in [1.165, 1.54) is 5.18 Å². The lowest BCUT2D eigenvalue weighted by Crippen LogP contribution is -1.65. The Labute approximate surface area is 26.8 Å². The van der Waals surface area contributed by atoms with Crippen LogP contribution in [0.2, 0.25) is 0 Å². The van der Waals surface area contributed by atoms with Crippen LogP contribution in [-0.4, -0.2) is 6.16 Å². The van der Waals surface area contributed by atoms with Gasteiger partial charge in [0.15, 0.2) is 0 Å². The van der Waals surface area contributed by atoms with Crippen LogP contribution in [0.1, 0.15) is 0 Å². The van der Waals surface area contributed by atoms with Crippen LogP contribution in [0.15, 0.2) is 5.18 Å². The van der Waals surface area contributed by atoms with Gasteiger partial charge in [-0.05, 0) is 0 Å². The van der Waals surface area contributed by atoms with E-state index >= 15 is 0 Å². The number of rotatable bonds is 0. The topological polar surface area (TPSA) is 46.5 Å². The highest BCUT2D eigenvalue weighted by atomic mass is 19.1. The number of carbonyl (C=O) groups excluding carboxylic acids is 1. The van der Waals surface area contributed by atoms with E-state index in [1.807, 2.05) is 0 Å². The monoisotopic (exact) mass is 77.0 g/mol. The van der Waals surface area contributed by atoms with Crippen molar-refractivity contribution >= 4 is 6.16 Å². The molecule has 1 amide bonds. The normalized spacial score (nSPS) is 6.60. The Bertz CT molecular complexity index is 60.7. The number of amides is 1. The molecule has 0 saturated carbocycles. The summed E-state index contributed by atoms with van der Waals surface area (Å²) in [6.45, 7) is 0. The Balaban J connectivity index is 3.20. The molecule has 0 radical (unpaired) electrons. The molecule has 5 heavy (non-hydrogen) atoms. The zero-order valence-corrected chi connectivity index (χ0v) is 2.14. The number of carbonyl (C=O) groups is 1. The van der Waals surface area contributed by atoms with E-state index < -0.39 is 6.16 Å². The molecule has 0 aliphatic rings. The van der Waals surface area contributed by atoms with Crippen LogP contribution >= 0.6 is 0 Å². The standard InChI is InChI=1S/CFNO2/c2-1(4)3-5. The molecular weight excluding hydrogens is 77.0 g/mol. The van der Waals surface area contributed by atoms with Gasteiger partial charge in [-0.2, -0.15) is 0 Å². The molecule has 4 heteroatoms. The second-order valence-corrected chi connectivity index (χ2v) is 0.344. The second kappa shape index (κ2) is 1.51. The first kappa shape index (κ1) is 4.20. The van der Waals surface area contributed by atoms with E-state index in [9.17, 15) is 4.39 Å². The highest BCUT2D eigenvalue weighted by Crippen LogP contribution is 1.71. The van der Waals surface area contributed by atoms with Crippen LogP contribution in [0.4, 0.5) is 9.18 Å². The number of nitroso groups, excluding NO2 is 1. The molecule has 0 rings (SSSR count). The fraction of sp³-hybridized carbons (Fsp3) is 0. The van der Waals surface area contributed by atoms with E-state index in [4.69, 9.17) is 9.70 Å². The first-order valence-corrected chi connectivity index (χ1v) is 0.799. The largest absolute Gasteiger partial charge is 0.460 e. The fourth-order valence-electron chi connectivity index (χ4n) is 0. The first-order valence-electron chi connectivity index (χ1n) is 0.799. The van der Waals surface area contributed by atoms with Crippen molar-refractivity contribution in [3.63, 3.8) is 0 Å². The summed E-state index contributed by atoms with van der Waals surface area (Å²) in [6, 6.07) is 0. The number of halogens is 1. The van der Waals surface area contributed by atoms with E-state index in [2.05, 4.69) is 0 Å². The highest BCUT2D eigenvalue weighted by molar-refractivity contribution is 5.65. The molecule has 28 valence electrons. The summed E-state index contributed by atoms with van der Waals surface area (Å²) < 4.78 is 10.3. The second-order valence-electron chi connectivity index (χ2n) is 0.344. The quantitative estimate of drug-likeness (QED) is 0.244. The van der Waals surface area contributed by atoms with Crippen LogP contribution in [0.3, 0.4) is 0 Å². The zero-order chi connectivity index (χ0) is 4.28. The summed E-state index contributed by atoms with van der Waals surface area (Å²) in [5.41, 5.74) is 0. The summed E-state index contributed by atoms with van der Waals surface area (Å²) in [5, 5.41) is 1.33. The third kappa shape index (κ3) is 3.20. The Morgan fingerprint density at radius 2 is 2.00 bits per heavy atom. The van der Waals surface area contributed by atoms with Crippen molar-refractivity contribution in [3.05, 3.63) is 4.91 Å². The predicted molar refractivity (Wildman–Crippen MR) is 12.3 cm³/mol. The number of nitrogens with zero attached hydrogens (tertiary/aromatic N) is 1. The summed E-state index contributed by atoms with van der Waals surface area (Å²) in [4.78, 5) is 17.2. The molecule has 0 heterocycles. The molecule has 0 fully saturated rings. The minimum absolute atomic E-state index is 1.33. The van der Waals surface area contributed by atoms with Crippen molar-refractivity contribution in [1.29, 1.82) is 0 Å². The molecule has 0 aliphatic heterocycles. The van der Waals surface area contributed by atoms with Crippen LogP contribution in [0, 0.1) is 4.91 Å². The maximum atomic E-state index is 10.3. The zero-order valence-electron chi connectivity index (χ0n) is 2.14. The van der Waals surface area contributed by atoms with Gasteiger partial charge in [-0.1, -0.05) is 0 Å². The van der Waals surface area contributed by atoms with Crippen molar-refractivity contribution in [3.8, 4) is 0 Å². The molecule has 0 aromatic heterocycles. The maximum absolute atomic E-state index is 10.3. The maximum Gasteiger partial charge on any atom is 0.460 e. The van der Waals surface area contributed by atoms with Crippen molar-refractivity contribution in [2.45, 2.75) is 0 Å². The lowest BCUT2D eigenvalue weighted by atomic mass is 11.4. The Morgan fingerprint density at radius 3 is 2.00 bits per heavy atom. The minimum Gasteiger partial charge on any atom is -0.228 e. The average Bonchev–Trinajstić information content (AvgIpc) is 1.38. The molecular formula is CFNO2. The van der Waals surface area contributed by atoms with Gasteiger partial charge in [-0.25, -0.2) is 4.79 Å². The van der Waals surface area contributed by atoms with Crippen LogP contribution in [-0.2, 0) is 0 Å². The van der Waals surface area contributed by atoms with Crippen molar-refractivity contribution in [1.82, 2.24) is 0 Å². The highest BCUT2D eigenvalue weighted by Gasteiger charge is 1.85. The van der Waals surface area contributed by atoms with E-state index in [1.54, 1.807) is 0 Å². The molecule has 0 aliphatic carbocycles. The summed E-state index contributed by atoms with van der Waals surface area (Å²) in [5.74, 6) is 0. The molecule has 0 saturated heterocycles. The van der Waals surface area contributed by atoms with Gasteiger partial charge >= 0.3 is 6.16 Å². The van der Waals surface area contributed by atoms with Gasteiger partial charge in [0.05, 0.1) is 0 Å². The lowest BCUT2D eigenvalue weighted by Gasteiger charge is -1.50.